The molecule has 4 N–H and O–H groups in total. The van der Waals surface area contributed by atoms with Gasteiger partial charge in [-0.25, -0.2) is 10.8 Å². The number of aliphatic hydroxyl groups excluding tert-OH is 1. The minimum Gasteiger partial charge on any atom is -0.437 e. The van der Waals surface area contributed by atoms with Crippen molar-refractivity contribution in [1.82, 2.24) is 9.97 Å². The summed E-state index contributed by atoms with van der Waals surface area (Å²) >= 11 is 5.91. The Kier molecular flexibility index (Phi) is 3.93. The number of hydrogen-bond donors (Lipinski definition) is 3. The van der Waals surface area contributed by atoms with E-state index in [1.165, 1.54) is 6.20 Å². The van der Waals surface area contributed by atoms with Crippen molar-refractivity contribution in [2.45, 2.75) is 6.61 Å². The molecule has 0 unspecified atom stereocenters. The molecule has 6 nitrogen and oxygen atoms in total. The Morgan fingerprint density at radius 2 is 2.28 bits per heavy atom. The Bertz CT molecular complexity index is 550. The number of halogens is 1. The van der Waals surface area contributed by atoms with E-state index in [1.807, 2.05) is 0 Å². The molecule has 0 atom stereocenters. The highest BCUT2D eigenvalue weighted by Gasteiger charge is 2.07. The van der Waals surface area contributed by atoms with Crippen LogP contribution in [0.3, 0.4) is 0 Å². The topological polar surface area (TPSA) is 93.3 Å². The number of aliphatic hydroxyl groups is 1. The molecule has 1 aromatic heterocycles. The van der Waals surface area contributed by atoms with Crippen molar-refractivity contribution in [2.75, 3.05) is 5.43 Å². The summed E-state index contributed by atoms with van der Waals surface area (Å²) in [7, 11) is 0. The number of hydrogen-bond acceptors (Lipinski definition) is 6. The van der Waals surface area contributed by atoms with Gasteiger partial charge in [-0.2, -0.15) is 4.98 Å². The number of nitrogens with one attached hydrogen (secondary N) is 1. The maximum absolute atomic E-state index is 9.03. The zero-order valence-electron chi connectivity index (χ0n) is 9.30. The molecule has 0 radical (unpaired) electrons. The maximum atomic E-state index is 9.03. The average Bonchev–Trinajstić information content (AvgIpc) is 2.41. The number of nitrogen functional groups attached to an aromatic ring is 1. The summed E-state index contributed by atoms with van der Waals surface area (Å²) in [6.45, 7) is -0.0652. The van der Waals surface area contributed by atoms with E-state index in [4.69, 9.17) is 27.3 Å². The van der Waals surface area contributed by atoms with Crippen LogP contribution in [0.15, 0.2) is 30.5 Å². The zero-order valence-corrected chi connectivity index (χ0v) is 10.1. The van der Waals surface area contributed by atoms with Crippen LogP contribution < -0.4 is 16.0 Å². The lowest BCUT2D eigenvalue weighted by atomic mass is 10.2. The molecule has 0 aliphatic rings. The van der Waals surface area contributed by atoms with Crippen molar-refractivity contribution in [3.8, 4) is 11.6 Å². The number of anilines is 1. The van der Waals surface area contributed by atoms with E-state index in [1.54, 1.807) is 24.3 Å². The second kappa shape index (κ2) is 5.63. The lowest BCUT2D eigenvalue weighted by Crippen LogP contribution is -2.10. The van der Waals surface area contributed by atoms with E-state index < -0.39 is 0 Å². The van der Waals surface area contributed by atoms with Gasteiger partial charge in [0.25, 0.3) is 0 Å². The first-order valence-electron chi connectivity index (χ1n) is 5.09. The number of nitrogens with two attached hydrogens (primary N) is 1. The highest BCUT2D eigenvalue weighted by atomic mass is 35.5. The van der Waals surface area contributed by atoms with Gasteiger partial charge in [-0.3, -0.25) is 5.43 Å². The van der Waals surface area contributed by atoms with E-state index in [9.17, 15) is 0 Å². The smallest absolute Gasteiger partial charge is 0.243 e. The van der Waals surface area contributed by atoms with E-state index >= 15 is 0 Å². The molecule has 1 aromatic carbocycles. The lowest BCUT2D eigenvalue weighted by molar-refractivity contribution is 0.281. The van der Waals surface area contributed by atoms with Crippen molar-refractivity contribution >= 4 is 17.5 Å². The largest absolute Gasteiger partial charge is 0.437 e. The zero-order chi connectivity index (χ0) is 13.0. The van der Waals surface area contributed by atoms with Gasteiger partial charge in [-0.05, 0) is 17.7 Å². The van der Waals surface area contributed by atoms with Crippen molar-refractivity contribution in [1.29, 1.82) is 0 Å². The lowest BCUT2D eigenvalue weighted by Gasteiger charge is -2.08. The summed E-state index contributed by atoms with van der Waals surface area (Å²) in [6, 6.07) is 6.96. The van der Waals surface area contributed by atoms with Gasteiger partial charge in [0.1, 0.15) is 10.8 Å². The van der Waals surface area contributed by atoms with Gasteiger partial charge in [0, 0.05) is 0 Å². The number of aromatic nitrogens is 2. The van der Waals surface area contributed by atoms with Crippen LogP contribution in [0.5, 0.6) is 11.6 Å². The van der Waals surface area contributed by atoms with Gasteiger partial charge < -0.3 is 9.84 Å². The van der Waals surface area contributed by atoms with Crippen LogP contribution in [-0.4, -0.2) is 15.1 Å². The molecule has 1 heterocycles. The fraction of sp³-hybridized carbons (Fsp3) is 0.0909. The highest BCUT2D eigenvalue weighted by molar-refractivity contribution is 6.31. The molecule has 0 aliphatic carbocycles. The second-order valence-corrected chi connectivity index (χ2v) is 3.81. The first-order chi connectivity index (χ1) is 8.72. The van der Waals surface area contributed by atoms with Crippen LogP contribution in [0.2, 0.25) is 5.02 Å². The number of benzene rings is 1. The van der Waals surface area contributed by atoms with E-state index in [0.717, 1.165) is 5.56 Å². The van der Waals surface area contributed by atoms with Gasteiger partial charge in [-0.1, -0.05) is 23.7 Å². The standard InChI is InChI=1S/C11H11ClN4O2/c12-9-5-14-11(16-13)15-10(9)18-8-3-1-2-7(4-8)6-17/h1-5,17H,6,13H2,(H,14,15,16). The van der Waals surface area contributed by atoms with Crippen molar-refractivity contribution in [3.63, 3.8) is 0 Å². The Morgan fingerprint density at radius 1 is 1.44 bits per heavy atom. The van der Waals surface area contributed by atoms with E-state index in [-0.39, 0.29) is 23.5 Å². The summed E-state index contributed by atoms with van der Waals surface area (Å²) in [5, 5.41) is 9.30. The summed E-state index contributed by atoms with van der Waals surface area (Å²) in [6.07, 6.45) is 1.38. The molecular formula is C11H11ClN4O2. The summed E-state index contributed by atoms with van der Waals surface area (Å²) < 4.78 is 5.50. The van der Waals surface area contributed by atoms with Crippen LogP contribution in [-0.2, 0) is 6.61 Å². The second-order valence-electron chi connectivity index (χ2n) is 3.40. The molecule has 0 aliphatic heterocycles. The van der Waals surface area contributed by atoms with Crippen LogP contribution in [0.25, 0.3) is 0 Å². The average molecular weight is 267 g/mol. The third-order valence-corrected chi connectivity index (χ3v) is 2.40. The number of rotatable bonds is 4. The normalized spacial score (nSPS) is 10.2. The van der Waals surface area contributed by atoms with Gasteiger partial charge in [-0.15, -0.1) is 0 Å². The molecule has 2 aromatic rings. The molecule has 0 saturated carbocycles. The third-order valence-electron chi connectivity index (χ3n) is 2.14. The van der Waals surface area contributed by atoms with E-state index in [2.05, 4.69) is 15.4 Å². The summed E-state index contributed by atoms with van der Waals surface area (Å²) in [5.41, 5.74) is 3.03. The SMILES string of the molecule is NNc1ncc(Cl)c(Oc2cccc(CO)c2)n1. The number of hydrazine groups is 1. The van der Waals surface area contributed by atoms with Crippen molar-refractivity contribution in [3.05, 3.63) is 41.0 Å². The molecule has 18 heavy (non-hydrogen) atoms. The fourth-order valence-corrected chi connectivity index (χ4v) is 1.44. The number of nitrogens with zero attached hydrogens (tertiary/aromatic N) is 2. The maximum Gasteiger partial charge on any atom is 0.243 e. The monoisotopic (exact) mass is 266 g/mol. The Labute approximate surface area is 108 Å². The molecule has 0 saturated heterocycles. The Hall–Kier alpha value is -1.89. The van der Waals surface area contributed by atoms with Crippen LogP contribution >= 0.6 is 11.6 Å². The van der Waals surface area contributed by atoms with Crippen molar-refractivity contribution in [2.24, 2.45) is 5.84 Å². The first kappa shape index (κ1) is 12.6. The van der Waals surface area contributed by atoms with Crippen LogP contribution in [0.4, 0.5) is 5.95 Å². The molecule has 7 heteroatoms. The molecule has 94 valence electrons. The summed E-state index contributed by atoms with van der Waals surface area (Å²) in [4.78, 5) is 7.81. The minimum atomic E-state index is -0.0652. The highest BCUT2D eigenvalue weighted by Crippen LogP contribution is 2.27. The predicted octanol–water partition coefficient (Wildman–Crippen LogP) is 1.70. The molecule has 0 amide bonds. The number of ether oxygens (including phenoxy) is 1. The minimum absolute atomic E-state index is 0.0652. The Morgan fingerprint density at radius 3 is 3.00 bits per heavy atom. The van der Waals surface area contributed by atoms with Gasteiger partial charge in [0.05, 0.1) is 12.8 Å². The molecular weight excluding hydrogens is 256 g/mol. The summed E-state index contributed by atoms with van der Waals surface area (Å²) in [5.74, 6) is 6.11. The Balaban J connectivity index is 2.27. The molecule has 0 fully saturated rings. The first-order valence-corrected chi connectivity index (χ1v) is 5.47. The molecule has 0 spiro atoms. The van der Waals surface area contributed by atoms with Crippen LogP contribution in [0.1, 0.15) is 5.56 Å². The van der Waals surface area contributed by atoms with Gasteiger partial charge >= 0.3 is 0 Å². The van der Waals surface area contributed by atoms with Crippen molar-refractivity contribution < 1.29 is 9.84 Å². The predicted molar refractivity (Wildman–Crippen MR) is 67.3 cm³/mol. The third kappa shape index (κ3) is 2.86. The van der Waals surface area contributed by atoms with Gasteiger partial charge in [0.2, 0.25) is 11.8 Å². The molecule has 2 rings (SSSR count). The quantitative estimate of drug-likeness (QED) is 0.576. The fourth-order valence-electron chi connectivity index (χ4n) is 1.31. The van der Waals surface area contributed by atoms with Crippen LogP contribution in [0, 0.1) is 0 Å². The van der Waals surface area contributed by atoms with E-state index in [0.29, 0.717) is 5.75 Å². The molecule has 0 bridgehead atoms. The van der Waals surface area contributed by atoms with Gasteiger partial charge in [0.15, 0.2) is 0 Å².